The Morgan fingerprint density at radius 1 is 1.11 bits per heavy atom. The minimum absolute atomic E-state index is 0.186. The third-order valence-electron chi connectivity index (χ3n) is 2.85. The molecule has 18 heavy (non-hydrogen) atoms. The van der Waals surface area contributed by atoms with Crippen LogP contribution in [-0.4, -0.2) is 25.7 Å². The molecule has 1 rings (SSSR count). The molecule has 1 aromatic carbocycles. The minimum atomic E-state index is 0.186. The highest BCUT2D eigenvalue weighted by Crippen LogP contribution is 2.16. The first-order chi connectivity index (χ1) is 8.42. The summed E-state index contributed by atoms with van der Waals surface area (Å²) in [6.07, 6.45) is 0. The molecule has 0 saturated carbocycles. The molecule has 0 spiro atoms. The van der Waals surface area contributed by atoms with Crippen LogP contribution in [0.4, 0.5) is 0 Å². The summed E-state index contributed by atoms with van der Waals surface area (Å²) >= 11 is 0. The summed E-state index contributed by atoms with van der Waals surface area (Å²) in [5, 5.41) is 6.97. The summed E-state index contributed by atoms with van der Waals surface area (Å²) in [5.41, 5.74) is 1.47. The molecular formula is C15H26N2O. The van der Waals surface area contributed by atoms with Gasteiger partial charge in [-0.3, -0.25) is 0 Å². The lowest BCUT2D eigenvalue weighted by molar-refractivity contribution is 0.411. The van der Waals surface area contributed by atoms with E-state index in [1.165, 1.54) is 5.56 Å². The van der Waals surface area contributed by atoms with Gasteiger partial charge in [0.15, 0.2) is 0 Å². The lowest BCUT2D eigenvalue weighted by Crippen LogP contribution is -2.40. The lowest BCUT2D eigenvalue weighted by Gasteiger charge is -2.22. The zero-order chi connectivity index (χ0) is 13.6. The molecule has 0 fully saturated rings. The molecule has 0 radical (unpaired) electrons. The fraction of sp³-hybridized carbons (Fsp3) is 0.600. The van der Waals surface area contributed by atoms with Gasteiger partial charge < -0.3 is 15.4 Å². The molecule has 3 heteroatoms. The molecule has 1 unspecified atom stereocenters. The molecular weight excluding hydrogens is 224 g/mol. The smallest absolute Gasteiger partial charge is 0.118 e. The third-order valence-corrected chi connectivity index (χ3v) is 2.85. The van der Waals surface area contributed by atoms with Crippen molar-refractivity contribution in [2.75, 3.05) is 20.2 Å². The van der Waals surface area contributed by atoms with Gasteiger partial charge in [0.05, 0.1) is 7.11 Å². The monoisotopic (exact) mass is 250 g/mol. The molecule has 3 nitrogen and oxygen atoms in total. The summed E-state index contributed by atoms with van der Waals surface area (Å²) in [6, 6.07) is 8.57. The van der Waals surface area contributed by atoms with Gasteiger partial charge in [0.2, 0.25) is 0 Å². The van der Waals surface area contributed by atoms with E-state index in [1.54, 1.807) is 7.11 Å². The first-order valence-electron chi connectivity index (χ1n) is 6.55. The number of nitrogens with one attached hydrogen (secondary N) is 2. The van der Waals surface area contributed by atoms with Crippen LogP contribution in [0, 0.1) is 0 Å². The van der Waals surface area contributed by atoms with Gasteiger partial charge in [0, 0.05) is 24.7 Å². The van der Waals surface area contributed by atoms with Crippen LogP contribution in [-0.2, 0) is 0 Å². The molecule has 0 aromatic heterocycles. The van der Waals surface area contributed by atoms with Crippen LogP contribution in [0.1, 0.15) is 39.3 Å². The summed E-state index contributed by atoms with van der Waals surface area (Å²) in [4.78, 5) is 0. The van der Waals surface area contributed by atoms with Crippen molar-refractivity contribution in [3.63, 3.8) is 0 Å². The van der Waals surface area contributed by atoms with Gasteiger partial charge in [-0.2, -0.15) is 0 Å². The molecule has 2 N–H and O–H groups in total. The van der Waals surface area contributed by atoms with Gasteiger partial charge in [-0.15, -0.1) is 0 Å². The third kappa shape index (κ3) is 5.52. The van der Waals surface area contributed by atoms with Crippen molar-refractivity contribution >= 4 is 0 Å². The van der Waals surface area contributed by atoms with E-state index < -0.39 is 0 Å². The van der Waals surface area contributed by atoms with Gasteiger partial charge in [-0.05, 0) is 45.4 Å². The van der Waals surface area contributed by atoms with E-state index in [-0.39, 0.29) is 5.54 Å². The highest BCUT2D eigenvalue weighted by Gasteiger charge is 2.08. The standard InChI is InChI=1S/C15H26N2O/c1-12(16-10-11-17-15(2,3)4)13-6-8-14(18-5)9-7-13/h6-9,12,16-17H,10-11H2,1-5H3. The zero-order valence-electron chi connectivity index (χ0n) is 12.2. The average Bonchev–Trinajstić information content (AvgIpc) is 2.33. The molecule has 0 aliphatic rings. The maximum absolute atomic E-state index is 5.15. The van der Waals surface area contributed by atoms with E-state index in [9.17, 15) is 0 Å². The highest BCUT2D eigenvalue weighted by molar-refractivity contribution is 5.28. The number of hydrogen-bond donors (Lipinski definition) is 2. The molecule has 0 saturated heterocycles. The first kappa shape index (κ1) is 15.0. The first-order valence-corrected chi connectivity index (χ1v) is 6.55. The van der Waals surface area contributed by atoms with Crippen molar-refractivity contribution < 1.29 is 4.74 Å². The quantitative estimate of drug-likeness (QED) is 0.762. The summed E-state index contributed by atoms with van der Waals surface area (Å²) in [7, 11) is 1.69. The fourth-order valence-electron chi connectivity index (χ4n) is 1.74. The molecule has 0 bridgehead atoms. The van der Waals surface area contributed by atoms with Crippen molar-refractivity contribution in [3.05, 3.63) is 29.8 Å². The number of benzene rings is 1. The van der Waals surface area contributed by atoms with E-state index in [2.05, 4.69) is 50.5 Å². The Bertz CT molecular complexity index is 341. The summed E-state index contributed by atoms with van der Waals surface area (Å²) in [5.74, 6) is 0.903. The van der Waals surface area contributed by atoms with Crippen LogP contribution in [0.3, 0.4) is 0 Å². The molecule has 0 aliphatic carbocycles. The second kappa shape index (κ2) is 6.76. The molecule has 102 valence electrons. The molecule has 0 aliphatic heterocycles. The second-order valence-corrected chi connectivity index (χ2v) is 5.63. The molecule has 1 aromatic rings. The van der Waals surface area contributed by atoms with Gasteiger partial charge >= 0.3 is 0 Å². The topological polar surface area (TPSA) is 33.3 Å². The Morgan fingerprint density at radius 2 is 1.72 bits per heavy atom. The van der Waals surface area contributed by atoms with Crippen molar-refractivity contribution in [2.45, 2.75) is 39.3 Å². The van der Waals surface area contributed by atoms with Crippen LogP contribution in [0.25, 0.3) is 0 Å². The molecule has 0 heterocycles. The molecule has 0 amide bonds. The zero-order valence-corrected chi connectivity index (χ0v) is 12.2. The van der Waals surface area contributed by atoms with E-state index in [1.807, 2.05) is 12.1 Å². The van der Waals surface area contributed by atoms with Crippen molar-refractivity contribution in [1.29, 1.82) is 0 Å². The Kier molecular flexibility index (Phi) is 5.63. The highest BCUT2D eigenvalue weighted by atomic mass is 16.5. The minimum Gasteiger partial charge on any atom is -0.497 e. The van der Waals surface area contributed by atoms with Gasteiger partial charge in [0.1, 0.15) is 5.75 Å². The normalized spacial score (nSPS) is 13.4. The fourth-order valence-corrected chi connectivity index (χ4v) is 1.74. The van der Waals surface area contributed by atoms with Crippen molar-refractivity contribution in [3.8, 4) is 5.75 Å². The molecule has 1 atom stereocenters. The summed E-state index contributed by atoms with van der Waals surface area (Å²) in [6.45, 7) is 10.7. The SMILES string of the molecule is COc1ccc(C(C)NCCNC(C)(C)C)cc1. The number of ether oxygens (including phenoxy) is 1. The van der Waals surface area contributed by atoms with E-state index >= 15 is 0 Å². The lowest BCUT2D eigenvalue weighted by atomic mass is 10.1. The number of hydrogen-bond acceptors (Lipinski definition) is 3. The van der Waals surface area contributed by atoms with Crippen LogP contribution >= 0.6 is 0 Å². The van der Waals surface area contributed by atoms with Crippen LogP contribution in [0.5, 0.6) is 5.75 Å². The van der Waals surface area contributed by atoms with Crippen LogP contribution in [0.15, 0.2) is 24.3 Å². The van der Waals surface area contributed by atoms with Crippen molar-refractivity contribution in [2.24, 2.45) is 0 Å². The van der Waals surface area contributed by atoms with Crippen molar-refractivity contribution in [1.82, 2.24) is 10.6 Å². The Hall–Kier alpha value is -1.06. The predicted octanol–water partition coefficient (Wildman–Crippen LogP) is 2.73. The summed E-state index contributed by atoms with van der Waals surface area (Å²) < 4.78 is 5.15. The average molecular weight is 250 g/mol. The van der Waals surface area contributed by atoms with Crippen LogP contribution < -0.4 is 15.4 Å². The number of rotatable bonds is 6. The van der Waals surface area contributed by atoms with Gasteiger partial charge in [0.25, 0.3) is 0 Å². The largest absolute Gasteiger partial charge is 0.497 e. The second-order valence-electron chi connectivity index (χ2n) is 5.63. The maximum Gasteiger partial charge on any atom is 0.118 e. The Labute approximate surface area is 111 Å². The Morgan fingerprint density at radius 3 is 2.22 bits per heavy atom. The Balaban J connectivity index is 2.33. The van der Waals surface area contributed by atoms with Gasteiger partial charge in [-0.1, -0.05) is 12.1 Å². The maximum atomic E-state index is 5.15. The van der Waals surface area contributed by atoms with E-state index in [4.69, 9.17) is 4.74 Å². The van der Waals surface area contributed by atoms with Crippen LogP contribution in [0.2, 0.25) is 0 Å². The van der Waals surface area contributed by atoms with E-state index in [0.29, 0.717) is 6.04 Å². The number of methoxy groups -OCH3 is 1. The van der Waals surface area contributed by atoms with Gasteiger partial charge in [-0.25, -0.2) is 0 Å². The predicted molar refractivity (Wildman–Crippen MR) is 77.2 cm³/mol. The van der Waals surface area contributed by atoms with E-state index in [0.717, 1.165) is 18.8 Å².